The molecule has 316 valence electrons. The Morgan fingerprint density at radius 1 is 0.806 bits per heavy atom. The third kappa shape index (κ3) is 10.8. The molecule has 0 unspecified atom stereocenters. The van der Waals surface area contributed by atoms with Gasteiger partial charge in [0.15, 0.2) is 5.82 Å². The Morgan fingerprint density at radius 2 is 1.55 bits per heavy atom. The maximum atomic E-state index is 13.8. The molecule has 1 saturated heterocycles. The van der Waals surface area contributed by atoms with E-state index in [1.807, 2.05) is 84.9 Å². The zero-order valence-corrected chi connectivity index (χ0v) is 36.7. The maximum Gasteiger partial charge on any atom is 0.293 e. The number of piperazine rings is 1. The van der Waals surface area contributed by atoms with E-state index < -0.39 is 14.9 Å². The molecule has 62 heavy (non-hydrogen) atoms. The van der Waals surface area contributed by atoms with E-state index in [1.165, 1.54) is 29.6 Å². The van der Waals surface area contributed by atoms with Gasteiger partial charge in [0, 0.05) is 88.9 Å². The molecule has 12 nitrogen and oxygen atoms in total. The normalized spacial score (nSPS) is 13.8. The molecule has 0 spiro atoms. The number of hydrogen-bond donors (Lipinski definition) is 2. The monoisotopic (exact) mass is 902 g/mol. The lowest BCUT2D eigenvalue weighted by molar-refractivity contribution is -0.384. The molecule has 1 aliphatic rings. The van der Waals surface area contributed by atoms with Gasteiger partial charge in [-0.05, 0) is 95.6 Å². The van der Waals surface area contributed by atoms with Gasteiger partial charge in [-0.1, -0.05) is 66.2 Å². The van der Waals surface area contributed by atoms with Crippen molar-refractivity contribution >= 4 is 78.9 Å². The lowest BCUT2D eigenvalue weighted by Crippen LogP contribution is -2.46. The second kappa shape index (κ2) is 20.0. The standard InChI is InChI=1S/C46H43ClN8O4S3/c47-35-11-14-41(33-7-3-1-4-8-33)34(27-35)30-53-22-24-54(25-23-53)37-12-15-42-44(28-37)49-32-50-46(42)52-62(58,59)40-13-16-43(45(29-40)55(56)57)51-36(31-61-38-9-5-2-6-10-38)19-26-60-39-17-20-48-21-18-39/h1-18,20-21,27-29,32,36,51H,19,22-26,30-31H2,(H,49,50,52)/t36-/m1/s1. The van der Waals surface area contributed by atoms with Crippen LogP contribution in [-0.2, 0) is 16.6 Å². The first kappa shape index (κ1) is 43.0. The molecule has 8 rings (SSSR count). The number of nitrogens with zero attached hydrogens (tertiary/aromatic N) is 6. The van der Waals surface area contributed by atoms with E-state index in [4.69, 9.17) is 11.6 Å². The van der Waals surface area contributed by atoms with Gasteiger partial charge in [0.05, 0.1) is 15.3 Å². The number of nitro groups is 1. The minimum Gasteiger partial charge on any atom is -0.376 e. The van der Waals surface area contributed by atoms with Crippen molar-refractivity contribution < 1.29 is 13.3 Å². The third-order valence-corrected chi connectivity index (χ3v) is 14.3. The molecule has 1 aliphatic heterocycles. The summed E-state index contributed by atoms with van der Waals surface area (Å²) in [5.41, 5.74) is 4.94. The van der Waals surface area contributed by atoms with E-state index in [0.29, 0.717) is 28.1 Å². The van der Waals surface area contributed by atoms with Gasteiger partial charge in [-0.3, -0.25) is 24.7 Å². The number of hydrogen-bond acceptors (Lipinski definition) is 12. The van der Waals surface area contributed by atoms with Crippen LogP contribution in [0.25, 0.3) is 22.0 Å². The number of nitrogens with one attached hydrogen (secondary N) is 2. The van der Waals surface area contributed by atoms with Crippen LogP contribution in [0.2, 0.25) is 5.02 Å². The largest absolute Gasteiger partial charge is 0.376 e. The van der Waals surface area contributed by atoms with Crippen molar-refractivity contribution in [3.05, 3.63) is 167 Å². The first-order chi connectivity index (χ1) is 30.2. The zero-order chi connectivity index (χ0) is 42.9. The van der Waals surface area contributed by atoms with Crippen LogP contribution in [0.1, 0.15) is 12.0 Å². The Morgan fingerprint density at radius 3 is 2.31 bits per heavy atom. The number of rotatable bonds is 17. The van der Waals surface area contributed by atoms with Crippen LogP contribution < -0.4 is 14.9 Å². The van der Waals surface area contributed by atoms with Crippen molar-refractivity contribution in [3.63, 3.8) is 0 Å². The van der Waals surface area contributed by atoms with Gasteiger partial charge < -0.3 is 10.2 Å². The van der Waals surface area contributed by atoms with E-state index in [2.05, 4.69) is 59.1 Å². The molecule has 1 fully saturated rings. The average molecular weight is 904 g/mol. The molecule has 2 N–H and O–H groups in total. The van der Waals surface area contributed by atoms with Gasteiger partial charge in [-0.25, -0.2) is 18.4 Å². The topological polar surface area (TPSA) is 146 Å². The third-order valence-electron chi connectivity index (χ3n) is 10.5. The maximum absolute atomic E-state index is 13.8. The highest BCUT2D eigenvalue weighted by molar-refractivity contribution is 7.99. The van der Waals surface area contributed by atoms with Gasteiger partial charge in [0.2, 0.25) is 0 Å². The molecule has 2 aromatic heterocycles. The number of halogens is 1. The minimum atomic E-state index is -4.29. The summed E-state index contributed by atoms with van der Waals surface area (Å²) in [7, 11) is -4.29. The van der Waals surface area contributed by atoms with Crippen molar-refractivity contribution in [2.24, 2.45) is 0 Å². The van der Waals surface area contributed by atoms with Crippen LogP contribution in [0, 0.1) is 10.1 Å². The van der Waals surface area contributed by atoms with Crippen molar-refractivity contribution in [1.29, 1.82) is 0 Å². The Hall–Kier alpha value is -5.71. The fraction of sp³-hybridized carbons (Fsp3) is 0.196. The predicted octanol–water partition coefficient (Wildman–Crippen LogP) is 10.1. The molecule has 1 atom stereocenters. The molecular formula is C46H43ClN8O4S3. The summed E-state index contributed by atoms with van der Waals surface area (Å²) in [6.07, 6.45) is 5.50. The van der Waals surface area contributed by atoms with E-state index in [-0.39, 0.29) is 28.1 Å². The smallest absolute Gasteiger partial charge is 0.293 e. The Kier molecular flexibility index (Phi) is 13.9. The fourth-order valence-corrected chi connectivity index (χ4v) is 10.5. The molecule has 0 aliphatic carbocycles. The molecular weight excluding hydrogens is 860 g/mol. The number of aromatic nitrogens is 3. The molecule has 0 saturated carbocycles. The summed E-state index contributed by atoms with van der Waals surface area (Å²) in [4.78, 5) is 31.3. The summed E-state index contributed by atoms with van der Waals surface area (Å²) in [5, 5.41) is 17.0. The summed E-state index contributed by atoms with van der Waals surface area (Å²) >= 11 is 9.76. The van der Waals surface area contributed by atoms with Gasteiger partial charge in [0.25, 0.3) is 15.7 Å². The van der Waals surface area contributed by atoms with Crippen molar-refractivity contribution in [2.75, 3.05) is 52.6 Å². The molecule has 0 radical (unpaired) electrons. The first-order valence-electron chi connectivity index (χ1n) is 20.0. The van der Waals surface area contributed by atoms with Gasteiger partial charge in [-0.2, -0.15) is 0 Å². The number of pyridine rings is 1. The van der Waals surface area contributed by atoms with E-state index in [9.17, 15) is 18.5 Å². The number of benzene rings is 5. The average Bonchev–Trinajstić information content (AvgIpc) is 3.29. The second-order valence-corrected chi connectivity index (χ2v) is 19.1. The van der Waals surface area contributed by atoms with Crippen LogP contribution >= 0.6 is 35.1 Å². The molecule has 3 heterocycles. The number of fused-ring (bicyclic) bond motifs is 1. The van der Waals surface area contributed by atoms with Gasteiger partial charge in [0.1, 0.15) is 12.0 Å². The summed E-state index contributed by atoms with van der Waals surface area (Å²) in [6.45, 7) is 4.03. The van der Waals surface area contributed by atoms with E-state index in [0.717, 1.165) is 65.6 Å². The highest BCUT2D eigenvalue weighted by Gasteiger charge is 2.25. The summed E-state index contributed by atoms with van der Waals surface area (Å²) in [5.74, 6) is 1.47. The van der Waals surface area contributed by atoms with Crippen LogP contribution in [0.4, 0.5) is 22.9 Å². The van der Waals surface area contributed by atoms with Crippen LogP contribution in [0.5, 0.6) is 0 Å². The predicted molar refractivity (Wildman–Crippen MR) is 252 cm³/mol. The zero-order valence-electron chi connectivity index (χ0n) is 33.5. The van der Waals surface area contributed by atoms with Crippen molar-refractivity contribution in [2.45, 2.75) is 33.7 Å². The first-order valence-corrected chi connectivity index (χ1v) is 23.9. The van der Waals surface area contributed by atoms with Gasteiger partial charge >= 0.3 is 0 Å². The Bertz CT molecular complexity index is 2750. The Labute approximate surface area is 374 Å². The van der Waals surface area contributed by atoms with Crippen molar-refractivity contribution in [1.82, 2.24) is 19.9 Å². The summed E-state index contributed by atoms with van der Waals surface area (Å²) < 4.78 is 30.3. The summed E-state index contributed by atoms with van der Waals surface area (Å²) in [6, 6.07) is 39.7. The van der Waals surface area contributed by atoms with Gasteiger partial charge in [-0.15, -0.1) is 23.5 Å². The number of nitro benzene ring substituents is 1. The fourth-order valence-electron chi connectivity index (χ4n) is 7.34. The van der Waals surface area contributed by atoms with E-state index >= 15 is 0 Å². The van der Waals surface area contributed by atoms with E-state index in [1.54, 1.807) is 35.9 Å². The minimum absolute atomic E-state index is 0.0802. The lowest BCUT2D eigenvalue weighted by Gasteiger charge is -2.36. The van der Waals surface area contributed by atoms with Crippen LogP contribution in [0.3, 0.4) is 0 Å². The quantitative estimate of drug-likeness (QED) is 0.0509. The SMILES string of the molecule is O=[N+]([O-])c1cc(S(=O)(=O)Nc2ncnc3cc(N4CCN(Cc5cc(Cl)ccc5-c5ccccc5)CC4)ccc23)ccc1N[C@H](CCSc1ccncc1)CSc1ccccc1. The molecule has 0 bridgehead atoms. The highest BCUT2D eigenvalue weighted by atomic mass is 35.5. The number of anilines is 3. The lowest BCUT2D eigenvalue weighted by atomic mass is 9.99. The molecule has 5 aromatic carbocycles. The van der Waals surface area contributed by atoms with Crippen LogP contribution in [-0.4, -0.2) is 76.9 Å². The molecule has 0 amide bonds. The number of sulfonamides is 1. The number of thioether (sulfide) groups is 2. The van der Waals surface area contributed by atoms with Crippen LogP contribution in [0.15, 0.2) is 161 Å². The molecule has 7 aromatic rings. The Balaban J connectivity index is 0.939. The highest BCUT2D eigenvalue weighted by Crippen LogP contribution is 2.33. The second-order valence-electron chi connectivity index (χ2n) is 14.7. The molecule has 16 heteroatoms. The van der Waals surface area contributed by atoms with Crippen molar-refractivity contribution in [3.8, 4) is 11.1 Å².